The van der Waals surface area contributed by atoms with E-state index in [1.54, 1.807) is 11.3 Å². The Hall–Kier alpha value is -2.59. The van der Waals surface area contributed by atoms with E-state index >= 15 is 0 Å². The third-order valence-electron chi connectivity index (χ3n) is 4.99. The topological polar surface area (TPSA) is 78.5 Å². The van der Waals surface area contributed by atoms with E-state index in [-0.39, 0.29) is 12.5 Å². The van der Waals surface area contributed by atoms with Crippen LogP contribution in [0.15, 0.2) is 77.0 Å². The van der Waals surface area contributed by atoms with Gasteiger partial charge in [-0.05, 0) is 49.7 Å². The molecule has 0 bridgehead atoms. The summed E-state index contributed by atoms with van der Waals surface area (Å²) in [6.45, 7) is 0.305. The SMILES string of the molecule is CN(C)C(CNC(=O)C(Cc1ccccc1)NS(=O)(=O)c1ccccc1F)c1cccs1. The highest BCUT2D eigenvalue weighted by Gasteiger charge is 2.28. The lowest BCUT2D eigenvalue weighted by molar-refractivity contribution is -0.122. The molecule has 2 N–H and O–H groups in total. The molecule has 0 aliphatic carbocycles. The van der Waals surface area contributed by atoms with E-state index in [0.29, 0.717) is 6.54 Å². The molecule has 2 aromatic carbocycles. The average molecular weight is 476 g/mol. The second-order valence-corrected chi connectivity index (χ2v) is 10.2. The lowest BCUT2D eigenvalue weighted by Crippen LogP contribution is -2.49. The van der Waals surface area contributed by atoms with Crippen LogP contribution in [-0.2, 0) is 21.2 Å². The van der Waals surface area contributed by atoms with E-state index in [0.717, 1.165) is 16.5 Å². The minimum Gasteiger partial charge on any atom is -0.353 e. The molecule has 0 saturated heterocycles. The molecule has 0 aliphatic heterocycles. The van der Waals surface area contributed by atoms with Crippen molar-refractivity contribution in [2.45, 2.75) is 23.4 Å². The third-order valence-corrected chi connectivity index (χ3v) is 7.47. The van der Waals surface area contributed by atoms with E-state index in [2.05, 4.69) is 10.0 Å². The van der Waals surface area contributed by atoms with Gasteiger partial charge in [0.1, 0.15) is 16.8 Å². The van der Waals surface area contributed by atoms with Gasteiger partial charge in [-0.25, -0.2) is 12.8 Å². The van der Waals surface area contributed by atoms with Crippen LogP contribution in [-0.4, -0.2) is 45.9 Å². The van der Waals surface area contributed by atoms with Gasteiger partial charge in [-0.3, -0.25) is 4.79 Å². The first kappa shape index (κ1) is 24.1. The van der Waals surface area contributed by atoms with Gasteiger partial charge < -0.3 is 10.2 Å². The largest absolute Gasteiger partial charge is 0.353 e. The number of amides is 1. The van der Waals surface area contributed by atoms with Gasteiger partial charge >= 0.3 is 0 Å². The molecule has 1 aromatic heterocycles. The summed E-state index contributed by atoms with van der Waals surface area (Å²) in [5.41, 5.74) is 0.784. The lowest BCUT2D eigenvalue weighted by Gasteiger charge is -2.25. The van der Waals surface area contributed by atoms with Crippen LogP contribution in [0.3, 0.4) is 0 Å². The minimum absolute atomic E-state index is 0.0560. The van der Waals surface area contributed by atoms with Crippen molar-refractivity contribution in [3.05, 3.63) is 88.4 Å². The van der Waals surface area contributed by atoms with Gasteiger partial charge in [0.05, 0.1) is 6.04 Å². The van der Waals surface area contributed by atoms with Crippen LogP contribution in [0.1, 0.15) is 16.5 Å². The third kappa shape index (κ3) is 6.23. The lowest BCUT2D eigenvalue weighted by atomic mass is 10.1. The molecule has 2 unspecified atom stereocenters. The normalized spacial score (nSPS) is 13.6. The van der Waals surface area contributed by atoms with Gasteiger partial charge in [0.25, 0.3) is 0 Å². The quantitative estimate of drug-likeness (QED) is 0.472. The molecule has 0 spiro atoms. The summed E-state index contributed by atoms with van der Waals surface area (Å²) in [7, 11) is -0.416. The Bertz CT molecular complexity index is 1120. The molecule has 9 heteroatoms. The fraction of sp³-hybridized carbons (Fsp3) is 0.261. The number of sulfonamides is 1. The van der Waals surface area contributed by atoms with Crippen molar-refractivity contribution in [3.63, 3.8) is 0 Å². The summed E-state index contributed by atoms with van der Waals surface area (Å²) >= 11 is 1.58. The first-order valence-electron chi connectivity index (χ1n) is 10.1. The summed E-state index contributed by atoms with van der Waals surface area (Å²) in [6.07, 6.45) is 0.131. The van der Waals surface area contributed by atoms with Gasteiger partial charge in [0.2, 0.25) is 15.9 Å². The maximum Gasteiger partial charge on any atom is 0.244 e. The number of rotatable bonds is 10. The van der Waals surface area contributed by atoms with Crippen molar-refractivity contribution >= 4 is 27.3 Å². The van der Waals surface area contributed by atoms with Crippen LogP contribution in [0, 0.1) is 5.82 Å². The summed E-state index contributed by atoms with van der Waals surface area (Å²) in [5.74, 6) is -1.35. The zero-order valence-corrected chi connectivity index (χ0v) is 19.5. The number of nitrogens with zero attached hydrogens (tertiary/aromatic N) is 1. The van der Waals surface area contributed by atoms with Crippen molar-refractivity contribution < 1.29 is 17.6 Å². The van der Waals surface area contributed by atoms with E-state index in [4.69, 9.17) is 0 Å². The standard InChI is InChI=1S/C23H26FN3O3S2/c1-27(2)20(21-12-8-14-31-21)16-25-23(28)19(15-17-9-4-3-5-10-17)26-32(29,30)22-13-7-6-11-18(22)24/h3-14,19-20,26H,15-16H2,1-2H3,(H,25,28). The predicted octanol–water partition coefficient (Wildman–Crippen LogP) is 3.20. The molecule has 170 valence electrons. The Morgan fingerprint density at radius 3 is 2.34 bits per heavy atom. The smallest absolute Gasteiger partial charge is 0.244 e. The minimum atomic E-state index is -4.25. The molecule has 0 radical (unpaired) electrons. The average Bonchev–Trinajstić information content (AvgIpc) is 3.28. The Kier molecular flexibility index (Phi) is 8.14. The van der Waals surface area contributed by atoms with E-state index in [1.165, 1.54) is 18.2 Å². The Morgan fingerprint density at radius 1 is 1.03 bits per heavy atom. The molecule has 1 heterocycles. The van der Waals surface area contributed by atoms with E-state index < -0.39 is 32.7 Å². The highest BCUT2D eigenvalue weighted by atomic mass is 32.2. The molecule has 3 aromatic rings. The number of thiophene rings is 1. The molecule has 32 heavy (non-hydrogen) atoms. The number of halogens is 1. The number of likely N-dealkylation sites (N-methyl/N-ethyl adjacent to an activating group) is 1. The fourth-order valence-electron chi connectivity index (χ4n) is 3.29. The summed E-state index contributed by atoms with van der Waals surface area (Å²) in [4.78, 5) is 15.7. The van der Waals surface area contributed by atoms with Crippen LogP contribution in [0.5, 0.6) is 0 Å². The number of nitrogens with one attached hydrogen (secondary N) is 2. The maximum atomic E-state index is 14.1. The van der Waals surface area contributed by atoms with Crippen molar-refractivity contribution in [3.8, 4) is 0 Å². The summed E-state index contributed by atoms with van der Waals surface area (Å²) in [5, 5.41) is 4.83. The van der Waals surface area contributed by atoms with Crippen LogP contribution >= 0.6 is 11.3 Å². The molecule has 6 nitrogen and oxygen atoms in total. The molecule has 0 saturated carbocycles. The van der Waals surface area contributed by atoms with Crippen LogP contribution in [0.25, 0.3) is 0 Å². The number of carbonyl (C=O) groups is 1. The van der Waals surface area contributed by atoms with Gasteiger partial charge in [-0.2, -0.15) is 4.72 Å². The van der Waals surface area contributed by atoms with E-state index in [9.17, 15) is 17.6 Å². The molecule has 3 rings (SSSR count). The van der Waals surface area contributed by atoms with Crippen LogP contribution in [0.4, 0.5) is 4.39 Å². The summed E-state index contributed by atoms with van der Waals surface area (Å²) in [6, 6.07) is 17.0. The molecule has 2 atom stereocenters. The van der Waals surface area contributed by atoms with Crippen molar-refractivity contribution in [2.75, 3.05) is 20.6 Å². The number of hydrogen-bond acceptors (Lipinski definition) is 5. The molecular weight excluding hydrogens is 449 g/mol. The van der Waals surface area contributed by atoms with Gasteiger partial charge in [-0.15, -0.1) is 11.3 Å². The maximum absolute atomic E-state index is 14.1. The molecular formula is C23H26FN3O3S2. The van der Waals surface area contributed by atoms with Crippen LogP contribution in [0.2, 0.25) is 0 Å². The van der Waals surface area contributed by atoms with Gasteiger partial charge in [0.15, 0.2) is 0 Å². The van der Waals surface area contributed by atoms with Gasteiger partial charge in [-0.1, -0.05) is 48.5 Å². The summed E-state index contributed by atoms with van der Waals surface area (Å²) < 4.78 is 42.2. The number of benzene rings is 2. The van der Waals surface area contributed by atoms with Crippen LogP contribution < -0.4 is 10.0 Å². The zero-order valence-electron chi connectivity index (χ0n) is 17.9. The second kappa shape index (κ2) is 10.8. The van der Waals surface area contributed by atoms with Gasteiger partial charge in [0, 0.05) is 11.4 Å². The Labute approximate surface area is 192 Å². The highest BCUT2D eigenvalue weighted by Crippen LogP contribution is 2.22. The fourth-order valence-corrected chi connectivity index (χ4v) is 5.49. The predicted molar refractivity (Wildman–Crippen MR) is 124 cm³/mol. The van der Waals surface area contributed by atoms with Crippen molar-refractivity contribution in [2.24, 2.45) is 0 Å². The Morgan fingerprint density at radius 2 is 1.72 bits per heavy atom. The zero-order chi connectivity index (χ0) is 23.1. The highest BCUT2D eigenvalue weighted by molar-refractivity contribution is 7.89. The first-order valence-corrected chi connectivity index (χ1v) is 12.4. The molecule has 0 fully saturated rings. The van der Waals surface area contributed by atoms with Crippen molar-refractivity contribution in [1.29, 1.82) is 0 Å². The Balaban J connectivity index is 1.80. The number of carbonyl (C=O) groups excluding carboxylic acids is 1. The monoisotopic (exact) mass is 475 g/mol. The number of hydrogen-bond donors (Lipinski definition) is 2. The second-order valence-electron chi connectivity index (χ2n) is 7.53. The first-order chi connectivity index (χ1) is 15.3. The molecule has 1 amide bonds. The molecule has 0 aliphatic rings. The van der Waals surface area contributed by atoms with Crippen molar-refractivity contribution in [1.82, 2.24) is 14.9 Å². The van der Waals surface area contributed by atoms with E-state index in [1.807, 2.05) is 66.8 Å².